The van der Waals surface area contributed by atoms with E-state index in [0.717, 1.165) is 43.7 Å². The summed E-state index contributed by atoms with van der Waals surface area (Å²) in [6.07, 6.45) is 7.29. The van der Waals surface area contributed by atoms with Crippen molar-refractivity contribution in [3.05, 3.63) is 58.9 Å². The van der Waals surface area contributed by atoms with E-state index in [1.165, 1.54) is 19.1 Å². The lowest BCUT2D eigenvalue weighted by Gasteiger charge is -2.40. The van der Waals surface area contributed by atoms with Gasteiger partial charge in [0.25, 0.3) is 0 Å². The van der Waals surface area contributed by atoms with E-state index in [0.29, 0.717) is 11.3 Å². The Kier molecular flexibility index (Phi) is 9.64. The first-order chi connectivity index (χ1) is 15.9. The fourth-order valence-corrected chi connectivity index (χ4v) is 4.51. The van der Waals surface area contributed by atoms with Gasteiger partial charge in [-0.3, -0.25) is 4.79 Å². The highest BCUT2D eigenvalue weighted by atomic mass is 19.1. The first-order valence-electron chi connectivity index (χ1n) is 11.9. The Morgan fingerprint density at radius 1 is 1.18 bits per heavy atom. The van der Waals surface area contributed by atoms with Crippen LogP contribution in [0.5, 0.6) is 0 Å². The zero-order valence-electron chi connectivity index (χ0n) is 20.8. The number of carbonyl (C=O) groups excluding carboxylic acids is 1. The summed E-state index contributed by atoms with van der Waals surface area (Å²) in [6.45, 7) is 7.68. The normalized spacial score (nSPS) is 18.9. The Morgan fingerprint density at radius 2 is 1.76 bits per heavy atom. The zero-order chi connectivity index (χ0) is 25.5. The minimum Gasteiger partial charge on any atom is -0.404 e. The van der Waals surface area contributed by atoms with Crippen molar-refractivity contribution < 1.29 is 18.7 Å². The van der Waals surface area contributed by atoms with Crippen LogP contribution in [0.1, 0.15) is 65.4 Å². The van der Waals surface area contributed by atoms with Gasteiger partial charge < -0.3 is 27.2 Å². The van der Waals surface area contributed by atoms with Crippen molar-refractivity contribution >= 4 is 5.91 Å². The SMILES string of the molecule is CC(=O)NC(Cc1cc(F)cc(F)c1)C(O)CNC1(/C(N)=C/C(=C\N)C(C)(C)C)CCCCC1. The second kappa shape index (κ2) is 11.8. The van der Waals surface area contributed by atoms with Crippen molar-refractivity contribution in [3.8, 4) is 0 Å². The molecule has 0 heterocycles. The number of carbonyl (C=O) groups is 1. The van der Waals surface area contributed by atoms with Crippen LogP contribution < -0.4 is 22.1 Å². The number of nitrogens with one attached hydrogen (secondary N) is 2. The maximum absolute atomic E-state index is 13.7. The molecule has 0 saturated heterocycles. The van der Waals surface area contributed by atoms with Crippen LogP contribution in [0.2, 0.25) is 0 Å². The monoisotopic (exact) mass is 478 g/mol. The molecule has 1 saturated carbocycles. The second-order valence-corrected chi connectivity index (χ2v) is 10.4. The van der Waals surface area contributed by atoms with Gasteiger partial charge in [0.2, 0.25) is 5.91 Å². The third-order valence-corrected chi connectivity index (χ3v) is 6.50. The predicted octanol–water partition coefficient (Wildman–Crippen LogP) is 3.40. The summed E-state index contributed by atoms with van der Waals surface area (Å²) in [6, 6.07) is 2.47. The largest absolute Gasteiger partial charge is 0.404 e. The van der Waals surface area contributed by atoms with Gasteiger partial charge in [0, 0.05) is 25.2 Å². The molecule has 190 valence electrons. The average Bonchev–Trinajstić information content (AvgIpc) is 2.74. The topological polar surface area (TPSA) is 113 Å². The number of hydrogen-bond donors (Lipinski definition) is 5. The molecule has 6 nitrogen and oxygen atoms in total. The molecule has 7 N–H and O–H groups in total. The number of nitrogens with two attached hydrogens (primary N) is 2. The summed E-state index contributed by atoms with van der Waals surface area (Å²) in [4.78, 5) is 11.8. The van der Waals surface area contributed by atoms with Crippen LogP contribution >= 0.6 is 0 Å². The average molecular weight is 479 g/mol. The Bertz CT molecular complexity index is 882. The molecule has 0 aromatic heterocycles. The molecule has 2 atom stereocenters. The van der Waals surface area contributed by atoms with E-state index < -0.39 is 29.3 Å². The van der Waals surface area contributed by atoms with E-state index >= 15 is 0 Å². The molecule has 34 heavy (non-hydrogen) atoms. The van der Waals surface area contributed by atoms with Crippen LogP contribution in [0.25, 0.3) is 0 Å². The van der Waals surface area contributed by atoms with Gasteiger partial charge in [0.05, 0.1) is 17.7 Å². The van der Waals surface area contributed by atoms with Gasteiger partial charge in [-0.15, -0.1) is 0 Å². The quantitative estimate of drug-likeness (QED) is 0.349. The highest BCUT2D eigenvalue weighted by Gasteiger charge is 2.36. The molecule has 1 aromatic carbocycles. The second-order valence-electron chi connectivity index (χ2n) is 10.4. The van der Waals surface area contributed by atoms with Crippen molar-refractivity contribution in [2.24, 2.45) is 16.9 Å². The Hall–Kier alpha value is -2.45. The van der Waals surface area contributed by atoms with Gasteiger partial charge in [-0.05, 0) is 60.2 Å². The Morgan fingerprint density at radius 3 is 2.26 bits per heavy atom. The first kappa shape index (κ1) is 27.8. The summed E-state index contributed by atoms with van der Waals surface area (Å²) in [5, 5.41) is 17.2. The smallest absolute Gasteiger partial charge is 0.217 e. The number of β-amino-alcohol motifs (C(OH)–C–C–N with tert-alkyl or cyclic N) is 1. The standard InChI is InChI=1S/C26H40F2N4O2/c1-17(33)32-22(12-18-10-20(27)14-21(28)11-18)23(34)16-31-26(8-6-5-7-9-26)24(30)13-19(15-29)25(2,3)4/h10-11,13-15,22-23,31,34H,5-9,12,16,29-30H2,1-4H3,(H,32,33)/b19-15+,24-13-. The maximum atomic E-state index is 13.7. The molecule has 0 spiro atoms. The van der Waals surface area contributed by atoms with E-state index in [9.17, 15) is 18.7 Å². The maximum Gasteiger partial charge on any atom is 0.217 e. The summed E-state index contributed by atoms with van der Waals surface area (Å²) >= 11 is 0. The van der Waals surface area contributed by atoms with Gasteiger partial charge in [-0.25, -0.2) is 8.78 Å². The van der Waals surface area contributed by atoms with E-state index in [-0.39, 0.29) is 24.3 Å². The summed E-state index contributed by atoms with van der Waals surface area (Å²) in [5.74, 6) is -1.74. The molecule has 1 aromatic rings. The van der Waals surface area contributed by atoms with Crippen LogP contribution in [-0.4, -0.2) is 35.2 Å². The van der Waals surface area contributed by atoms with Crippen LogP contribution in [0.4, 0.5) is 8.78 Å². The van der Waals surface area contributed by atoms with E-state index in [2.05, 4.69) is 31.4 Å². The number of benzene rings is 1. The summed E-state index contributed by atoms with van der Waals surface area (Å²) in [5.41, 5.74) is 13.7. The number of allylic oxidation sites excluding steroid dienone is 2. The lowest BCUT2D eigenvalue weighted by atomic mass is 9.77. The Balaban J connectivity index is 2.23. The van der Waals surface area contributed by atoms with E-state index in [1.54, 1.807) is 6.20 Å². The van der Waals surface area contributed by atoms with Gasteiger partial charge in [0.15, 0.2) is 0 Å². The molecular formula is C26H40F2N4O2. The molecule has 1 fully saturated rings. The van der Waals surface area contributed by atoms with Crippen LogP contribution in [0, 0.1) is 17.0 Å². The van der Waals surface area contributed by atoms with Crippen molar-refractivity contribution in [2.45, 2.75) is 83.9 Å². The molecule has 2 rings (SSSR count). The number of hydrogen-bond acceptors (Lipinski definition) is 5. The predicted molar refractivity (Wildman–Crippen MR) is 131 cm³/mol. The molecule has 2 unspecified atom stereocenters. The Labute approximate surface area is 201 Å². The first-order valence-corrected chi connectivity index (χ1v) is 11.9. The fourth-order valence-electron chi connectivity index (χ4n) is 4.51. The summed E-state index contributed by atoms with van der Waals surface area (Å²) < 4.78 is 27.3. The lowest BCUT2D eigenvalue weighted by molar-refractivity contribution is -0.120. The fraction of sp³-hybridized carbons (Fsp3) is 0.577. The van der Waals surface area contributed by atoms with Gasteiger partial charge >= 0.3 is 0 Å². The molecule has 1 aliphatic carbocycles. The van der Waals surface area contributed by atoms with E-state index in [4.69, 9.17) is 11.5 Å². The molecule has 0 radical (unpaired) electrons. The number of aliphatic hydroxyl groups excluding tert-OH is 1. The van der Waals surface area contributed by atoms with Gasteiger partial charge in [0.1, 0.15) is 11.6 Å². The van der Waals surface area contributed by atoms with Crippen LogP contribution in [0.3, 0.4) is 0 Å². The lowest BCUT2D eigenvalue weighted by Crippen LogP contribution is -2.56. The third-order valence-electron chi connectivity index (χ3n) is 6.50. The third kappa shape index (κ3) is 7.81. The minimum atomic E-state index is -1.01. The highest BCUT2D eigenvalue weighted by Crippen LogP contribution is 2.35. The van der Waals surface area contributed by atoms with Crippen LogP contribution in [-0.2, 0) is 11.2 Å². The van der Waals surface area contributed by atoms with Gasteiger partial charge in [-0.1, -0.05) is 40.0 Å². The number of rotatable bonds is 9. The molecule has 0 aliphatic heterocycles. The van der Waals surface area contributed by atoms with Gasteiger partial charge in [-0.2, -0.15) is 0 Å². The van der Waals surface area contributed by atoms with Crippen molar-refractivity contribution in [2.75, 3.05) is 6.54 Å². The van der Waals surface area contributed by atoms with Crippen LogP contribution in [0.15, 0.2) is 41.7 Å². The van der Waals surface area contributed by atoms with E-state index in [1.807, 2.05) is 6.08 Å². The molecule has 1 aliphatic rings. The number of halogens is 2. The number of aliphatic hydroxyl groups is 1. The summed E-state index contributed by atoms with van der Waals surface area (Å²) in [7, 11) is 0. The molecule has 8 heteroatoms. The number of amides is 1. The highest BCUT2D eigenvalue weighted by molar-refractivity contribution is 5.73. The molecular weight excluding hydrogens is 438 g/mol. The van der Waals surface area contributed by atoms with Crippen molar-refractivity contribution in [1.82, 2.24) is 10.6 Å². The molecule has 0 bridgehead atoms. The minimum absolute atomic E-state index is 0.0828. The molecule has 1 amide bonds. The van der Waals surface area contributed by atoms with Crippen molar-refractivity contribution in [3.63, 3.8) is 0 Å². The zero-order valence-corrected chi connectivity index (χ0v) is 20.8. The van der Waals surface area contributed by atoms with Crippen molar-refractivity contribution in [1.29, 1.82) is 0 Å².